The Labute approximate surface area is 82.4 Å². The highest BCUT2D eigenvalue weighted by Crippen LogP contribution is 2.32. The summed E-state index contributed by atoms with van der Waals surface area (Å²) in [5.41, 5.74) is 9.81. The van der Waals surface area contributed by atoms with Gasteiger partial charge < -0.3 is 11.1 Å². The molecule has 0 spiro atoms. The first-order valence-electron chi connectivity index (χ1n) is 4.21. The molecule has 1 fully saturated rings. The number of hydrogen-bond donors (Lipinski definition) is 4. The van der Waals surface area contributed by atoms with Gasteiger partial charge in [0, 0.05) is 6.04 Å². The number of carbonyl (C=O) groups excluding carboxylic acids is 1. The van der Waals surface area contributed by atoms with Crippen LogP contribution in [0.4, 0.5) is 4.79 Å². The fourth-order valence-corrected chi connectivity index (χ4v) is 1.13. The maximum absolute atomic E-state index is 11.1. The number of nitrogens with one attached hydrogen (secondary N) is 3. The molecule has 1 saturated carbocycles. The number of thiocarbonyl (C=S) groups is 1. The van der Waals surface area contributed by atoms with Crippen LogP contribution < -0.4 is 21.9 Å². The topological polar surface area (TPSA) is 79.2 Å². The van der Waals surface area contributed by atoms with Gasteiger partial charge in [-0.15, -0.1) is 0 Å². The number of rotatable bonds is 2. The summed E-state index contributed by atoms with van der Waals surface area (Å²) < 4.78 is 0. The number of nitrogens with two attached hydrogens (primary N) is 1. The lowest BCUT2D eigenvalue weighted by atomic mass is 10.2. The van der Waals surface area contributed by atoms with E-state index in [1.54, 1.807) is 0 Å². The van der Waals surface area contributed by atoms with Crippen molar-refractivity contribution in [3.05, 3.63) is 0 Å². The molecular weight excluding hydrogens is 188 g/mol. The van der Waals surface area contributed by atoms with Crippen LogP contribution in [-0.4, -0.2) is 17.2 Å². The van der Waals surface area contributed by atoms with Gasteiger partial charge in [0.05, 0.1) is 0 Å². The van der Waals surface area contributed by atoms with Gasteiger partial charge in [-0.25, -0.2) is 10.2 Å². The zero-order chi connectivity index (χ0) is 9.84. The van der Waals surface area contributed by atoms with Crippen LogP contribution in [0.25, 0.3) is 0 Å². The second kappa shape index (κ2) is 4.27. The molecule has 0 aromatic carbocycles. The highest BCUT2D eigenvalue weighted by Gasteiger charge is 2.28. The van der Waals surface area contributed by atoms with Crippen molar-refractivity contribution in [1.29, 1.82) is 0 Å². The predicted molar refractivity (Wildman–Crippen MR) is 53.8 cm³/mol. The first kappa shape index (κ1) is 10.0. The average molecular weight is 202 g/mol. The minimum atomic E-state index is -0.299. The van der Waals surface area contributed by atoms with Crippen LogP contribution in [0, 0.1) is 5.92 Å². The number of urea groups is 1. The number of hydrazine groups is 1. The van der Waals surface area contributed by atoms with Crippen molar-refractivity contribution >= 4 is 23.4 Å². The molecule has 0 aromatic heterocycles. The SMILES string of the molecule is CC(NC(=O)NNC(N)=S)C1CC1. The zero-order valence-electron chi connectivity index (χ0n) is 7.46. The van der Waals surface area contributed by atoms with Crippen LogP contribution in [0.2, 0.25) is 0 Å². The van der Waals surface area contributed by atoms with Crippen LogP contribution in [0.15, 0.2) is 0 Å². The number of hydrogen-bond acceptors (Lipinski definition) is 2. The van der Waals surface area contributed by atoms with Gasteiger partial charge >= 0.3 is 6.03 Å². The van der Waals surface area contributed by atoms with E-state index < -0.39 is 0 Å². The molecule has 1 aliphatic carbocycles. The Morgan fingerprint density at radius 1 is 1.54 bits per heavy atom. The molecule has 0 saturated heterocycles. The highest BCUT2D eigenvalue weighted by atomic mass is 32.1. The van der Waals surface area contributed by atoms with Crippen LogP contribution in [0.3, 0.4) is 0 Å². The maximum Gasteiger partial charge on any atom is 0.333 e. The van der Waals surface area contributed by atoms with Gasteiger partial charge in [0.2, 0.25) is 0 Å². The fraction of sp³-hybridized carbons (Fsp3) is 0.714. The third-order valence-electron chi connectivity index (χ3n) is 1.99. The number of carbonyl (C=O) groups is 1. The lowest BCUT2D eigenvalue weighted by Gasteiger charge is -2.13. The average Bonchev–Trinajstić information content (AvgIpc) is 2.82. The molecule has 74 valence electrons. The van der Waals surface area contributed by atoms with E-state index in [9.17, 15) is 4.79 Å². The van der Waals surface area contributed by atoms with Gasteiger partial charge in [0.1, 0.15) is 0 Å². The van der Waals surface area contributed by atoms with E-state index in [1.165, 1.54) is 12.8 Å². The lowest BCUT2D eigenvalue weighted by molar-refractivity contribution is 0.234. The first-order chi connectivity index (χ1) is 6.09. The minimum absolute atomic E-state index is 0.0502. The van der Waals surface area contributed by atoms with Crippen molar-refractivity contribution in [2.45, 2.75) is 25.8 Å². The van der Waals surface area contributed by atoms with Crippen LogP contribution in [0.5, 0.6) is 0 Å². The molecule has 1 unspecified atom stereocenters. The minimum Gasteiger partial charge on any atom is -0.375 e. The summed E-state index contributed by atoms with van der Waals surface area (Å²) in [4.78, 5) is 11.1. The molecule has 1 aliphatic rings. The summed E-state index contributed by atoms with van der Waals surface area (Å²) in [6.45, 7) is 1.98. The van der Waals surface area contributed by atoms with E-state index in [-0.39, 0.29) is 17.2 Å². The van der Waals surface area contributed by atoms with Crippen molar-refractivity contribution in [2.24, 2.45) is 11.7 Å². The summed E-state index contributed by atoms with van der Waals surface area (Å²) >= 11 is 4.52. The smallest absolute Gasteiger partial charge is 0.333 e. The summed E-state index contributed by atoms with van der Waals surface area (Å²) in [6, 6.07) is -0.0830. The molecule has 0 aromatic rings. The third-order valence-corrected chi connectivity index (χ3v) is 2.09. The van der Waals surface area contributed by atoms with Crippen molar-refractivity contribution in [3.63, 3.8) is 0 Å². The molecule has 0 heterocycles. The Morgan fingerprint density at radius 2 is 2.15 bits per heavy atom. The Kier molecular flexibility index (Phi) is 3.30. The summed E-state index contributed by atoms with van der Waals surface area (Å²) in [7, 11) is 0. The molecule has 1 rings (SSSR count). The van der Waals surface area contributed by atoms with Crippen molar-refractivity contribution in [2.75, 3.05) is 0 Å². The van der Waals surface area contributed by atoms with E-state index in [2.05, 4.69) is 28.4 Å². The molecule has 2 amide bonds. The molecule has 6 heteroatoms. The molecule has 0 aliphatic heterocycles. The molecule has 5 nitrogen and oxygen atoms in total. The second-order valence-electron chi connectivity index (χ2n) is 3.21. The van der Waals surface area contributed by atoms with Crippen LogP contribution >= 0.6 is 12.2 Å². The lowest BCUT2D eigenvalue weighted by Crippen LogP contribution is -2.51. The van der Waals surface area contributed by atoms with E-state index >= 15 is 0 Å². The Morgan fingerprint density at radius 3 is 2.62 bits per heavy atom. The fourth-order valence-electron chi connectivity index (χ4n) is 1.08. The second-order valence-corrected chi connectivity index (χ2v) is 3.65. The van der Waals surface area contributed by atoms with Crippen molar-refractivity contribution in [3.8, 4) is 0 Å². The molecular formula is C7H14N4OS. The molecule has 0 radical (unpaired) electrons. The van der Waals surface area contributed by atoms with E-state index in [1.807, 2.05) is 6.92 Å². The number of amides is 2. The van der Waals surface area contributed by atoms with Crippen molar-refractivity contribution in [1.82, 2.24) is 16.2 Å². The zero-order valence-corrected chi connectivity index (χ0v) is 8.28. The molecule has 13 heavy (non-hydrogen) atoms. The Bertz CT molecular complexity index is 217. The van der Waals surface area contributed by atoms with E-state index in [0.29, 0.717) is 5.92 Å². The molecule has 5 N–H and O–H groups in total. The van der Waals surface area contributed by atoms with E-state index in [4.69, 9.17) is 5.73 Å². The normalized spacial score (nSPS) is 17.3. The molecule has 1 atom stereocenters. The summed E-state index contributed by atoms with van der Waals surface area (Å²) in [6.07, 6.45) is 2.40. The first-order valence-corrected chi connectivity index (χ1v) is 4.62. The van der Waals surface area contributed by atoms with Crippen LogP contribution in [0.1, 0.15) is 19.8 Å². The van der Waals surface area contributed by atoms with Crippen molar-refractivity contribution < 1.29 is 4.79 Å². The quantitative estimate of drug-likeness (QED) is 0.370. The van der Waals surface area contributed by atoms with Gasteiger partial charge in [-0.05, 0) is 37.9 Å². The van der Waals surface area contributed by atoms with Gasteiger partial charge in [-0.2, -0.15) is 0 Å². The monoisotopic (exact) mass is 202 g/mol. The van der Waals surface area contributed by atoms with Gasteiger partial charge in [-0.1, -0.05) is 0 Å². The predicted octanol–water partition coefficient (Wildman–Crippen LogP) is -0.168. The van der Waals surface area contributed by atoms with Crippen LogP contribution in [-0.2, 0) is 0 Å². The van der Waals surface area contributed by atoms with Gasteiger partial charge in [-0.3, -0.25) is 5.43 Å². The largest absolute Gasteiger partial charge is 0.375 e. The highest BCUT2D eigenvalue weighted by molar-refractivity contribution is 7.80. The Balaban J connectivity index is 2.12. The Hall–Kier alpha value is -1.04. The van der Waals surface area contributed by atoms with Gasteiger partial charge in [0.25, 0.3) is 0 Å². The summed E-state index contributed by atoms with van der Waals surface area (Å²) in [5, 5.41) is 2.82. The molecule has 0 bridgehead atoms. The maximum atomic E-state index is 11.1. The third kappa shape index (κ3) is 3.93. The standard InChI is InChI=1S/C7H14N4OS/c1-4(5-2-3-5)9-7(12)11-10-6(8)13/h4-5H,2-3H2,1H3,(H3,8,10,13)(H2,9,11,12). The van der Waals surface area contributed by atoms with Gasteiger partial charge in [0.15, 0.2) is 5.11 Å². The summed E-state index contributed by atoms with van der Waals surface area (Å²) in [5.74, 6) is 0.635. The van der Waals surface area contributed by atoms with E-state index in [0.717, 1.165) is 0 Å².